The summed E-state index contributed by atoms with van der Waals surface area (Å²) >= 11 is 0. The largest absolute Gasteiger partial charge is 0.494 e. The third kappa shape index (κ3) is 2.09. The number of methoxy groups -OCH3 is 1. The van der Waals surface area contributed by atoms with Gasteiger partial charge in [0, 0.05) is 17.2 Å². The zero-order chi connectivity index (χ0) is 15.9. The molecule has 0 radical (unpaired) electrons. The van der Waals surface area contributed by atoms with Crippen molar-refractivity contribution in [3.05, 3.63) is 39.5 Å². The van der Waals surface area contributed by atoms with Crippen molar-refractivity contribution >= 4 is 11.1 Å². The number of ether oxygens (including phenoxy) is 2. The molecule has 0 saturated heterocycles. The molecule has 0 N–H and O–H groups in total. The Balaban J connectivity index is 2.39. The van der Waals surface area contributed by atoms with Gasteiger partial charge in [0.1, 0.15) is 17.0 Å². The maximum atomic E-state index is 12.3. The maximum Gasteiger partial charge on any atom is 0.192 e. The SMILES string of the molecule is CCOc1ccc2nc3c(OC)c(C)c(=O)c(C)c-3oc2c1. The second kappa shape index (κ2) is 5.33. The van der Waals surface area contributed by atoms with Crippen molar-refractivity contribution in [3.8, 4) is 23.0 Å². The van der Waals surface area contributed by atoms with Crippen LogP contribution in [0.5, 0.6) is 11.5 Å². The molecule has 0 atom stereocenters. The number of benzene rings is 2. The first kappa shape index (κ1) is 14.4. The minimum atomic E-state index is -0.0878. The highest BCUT2D eigenvalue weighted by molar-refractivity contribution is 5.80. The summed E-state index contributed by atoms with van der Waals surface area (Å²) in [4.78, 5) is 16.9. The molecule has 0 saturated carbocycles. The number of rotatable bonds is 3. The van der Waals surface area contributed by atoms with E-state index in [1.807, 2.05) is 19.1 Å². The van der Waals surface area contributed by atoms with Gasteiger partial charge in [-0.25, -0.2) is 4.98 Å². The van der Waals surface area contributed by atoms with Crippen molar-refractivity contribution in [2.45, 2.75) is 20.8 Å². The van der Waals surface area contributed by atoms with Crippen LogP contribution in [0.25, 0.3) is 22.6 Å². The number of aromatic nitrogens is 1. The summed E-state index contributed by atoms with van der Waals surface area (Å²) in [5.41, 5.74) is 2.81. The van der Waals surface area contributed by atoms with Crippen LogP contribution in [0.4, 0.5) is 0 Å². The Morgan fingerprint density at radius 1 is 1.23 bits per heavy atom. The number of hydrogen-bond acceptors (Lipinski definition) is 5. The summed E-state index contributed by atoms with van der Waals surface area (Å²) in [7, 11) is 1.53. The molecule has 5 heteroatoms. The number of nitrogens with zero attached hydrogens (tertiary/aromatic N) is 1. The molecule has 0 aromatic heterocycles. The molecular formula is C17H17NO4. The van der Waals surface area contributed by atoms with Gasteiger partial charge in [-0.2, -0.15) is 0 Å². The van der Waals surface area contributed by atoms with E-state index in [0.29, 0.717) is 51.8 Å². The van der Waals surface area contributed by atoms with Gasteiger partial charge in [0.05, 0.1) is 13.7 Å². The van der Waals surface area contributed by atoms with Gasteiger partial charge in [0.15, 0.2) is 22.5 Å². The first-order valence-corrected chi connectivity index (χ1v) is 7.11. The van der Waals surface area contributed by atoms with E-state index in [4.69, 9.17) is 13.9 Å². The van der Waals surface area contributed by atoms with Crippen LogP contribution in [0.1, 0.15) is 18.1 Å². The van der Waals surface area contributed by atoms with Gasteiger partial charge in [-0.1, -0.05) is 0 Å². The van der Waals surface area contributed by atoms with E-state index < -0.39 is 0 Å². The van der Waals surface area contributed by atoms with E-state index in [1.54, 1.807) is 19.9 Å². The summed E-state index contributed by atoms with van der Waals surface area (Å²) in [5, 5.41) is 0. The molecule has 1 aliphatic carbocycles. The van der Waals surface area contributed by atoms with Gasteiger partial charge in [0.2, 0.25) is 0 Å². The lowest BCUT2D eigenvalue weighted by Gasteiger charge is -2.15. The van der Waals surface area contributed by atoms with Gasteiger partial charge < -0.3 is 13.9 Å². The van der Waals surface area contributed by atoms with Crippen molar-refractivity contribution < 1.29 is 13.9 Å². The zero-order valence-corrected chi connectivity index (χ0v) is 13.0. The van der Waals surface area contributed by atoms with E-state index >= 15 is 0 Å². The topological polar surface area (TPSA) is 61.6 Å². The van der Waals surface area contributed by atoms with Crippen LogP contribution < -0.4 is 14.9 Å². The normalized spacial score (nSPS) is 11.1. The molecule has 1 aromatic rings. The van der Waals surface area contributed by atoms with E-state index in [2.05, 4.69) is 4.98 Å². The van der Waals surface area contributed by atoms with Gasteiger partial charge in [-0.3, -0.25) is 4.79 Å². The number of hydrogen-bond donors (Lipinski definition) is 0. The summed E-state index contributed by atoms with van der Waals surface area (Å²) < 4.78 is 16.7. The fraction of sp³-hybridized carbons (Fsp3) is 0.294. The summed E-state index contributed by atoms with van der Waals surface area (Å²) in [6, 6.07) is 5.45. The highest BCUT2D eigenvalue weighted by Crippen LogP contribution is 2.36. The van der Waals surface area contributed by atoms with Gasteiger partial charge in [-0.15, -0.1) is 0 Å². The minimum Gasteiger partial charge on any atom is -0.494 e. The molecule has 0 bridgehead atoms. The molecular weight excluding hydrogens is 282 g/mol. The van der Waals surface area contributed by atoms with Crippen molar-refractivity contribution in [2.75, 3.05) is 13.7 Å². The molecule has 5 nitrogen and oxygen atoms in total. The summed E-state index contributed by atoms with van der Waals surface area (Å²) in [6.45, 7) is 5.96. The van der Waals surface area contributed by atoms with Gasteiger partial charge >= 0.3 is 0 Å². The van der Waals surface area contributed by atoms with Crippen LogP contribution in [0.3, 0.4) is 0 Å². The molecule has 3 rings (SSSR count). The fourth-order valence-corrected chi connectivity index (χ4v) is 2.58. The standard InChI is InChI=1S/C17H17NO4/c1-5-21-11-6-7-12-13(8-11)22-17-10(3)15(19)9(2)16(20-4)14(17)18-12/h6-8H,5H2,1-4H3. The average molecular weight is 299 g/mol. The van der Waals surface area contributed by atoms with Crippen molar-refractivity contribution in [1.82, 2.24) is 4.98 Å². The molecule has 0 amide bonds. The molecule has 0 spiro atoms. The third-order valence-electron chi connectivity index (χ3n) is 3.68. The molecule has 114 valence electrons. The first-order chi connectivity index (χ1) is 10.6. The Hall–Kier alpha value is -2.56. The highest BCUT2D eigenvalue weighted by Gasteiger charge is 2.23. The predicted molar refractivity (Wildman–Crippen MR) is 84.1 cm³/mol. The van der Waals surface area contributed by atoms with Crippen LogP contribution in [-0.2, 0) is 0 Å². The highest BCUT2D eigenvalue weighted by atomic mass is 16.5. The second-order valence-corrected chi connectivity index (χ2v) is 5.07. The Morgan fingerprint density at radius 3 is 2.68 bits per heavy atom. The third-order valence-corrected chi connectivity index (χ3v) is 3.68. The fourth-order valence-electron chi connectivity index (χ4n) is 2.58. The van der Waals surface area contributed by atoms with Crippen molar-refractivity contribution in [1.29, 1.82) is 0 Å². The average Bonchev–Trinajstić information content (AvgIpc) is 2.52. The Bertz CT molecular complexity index is 882. The van der Waals surface area contributed by atoms with Crippen LogP contribution in [-0.4, -0.2) is 18.7 Å². The molecule has 22 heavy (non-hydrogen) atoms. The van der Waals surface area contributed by atoms with Crippen LogP contribution in [0.2, 0.25) is 0 Å². The zero-order valence-electron chi connectivity index (χ0n) is 13.0. The summed E-state index contributed by atoms with van der Waals surface area (Å²) in [6.07, 6.45) is 0. The van der Waals surface area contributed by atoms with Crippen molar-refractivity contribution in [2.24, 2.45) is 0 Å². The monoisotopic (exact) mass is 299 g/mol. The molecule has 2 aliphatic rings. The van der Waals surface area contributed by atoms with E-state index in [9.17, 15) is 4.79 Å². The first-order valence-electron chi connectivity index (χ1n) is 7.11. The van der Waals surface area contributed by atoms with Crippen molar-refractivity contribution in [3.63, 3.8) is 0 Å². The quantitative estimate of drug-likeness (QED) is 0.694. The van der Waals surface area contributed by atoms with Gasteiger partial charge in [-0.05, 0) is 32.9 Å². The van der Waals surface area contributed by atoms with E-state index in [0.717, 1.165) is 0 Å². The molecule has 1 aliphatic heterocycles. The summed E-state index contributed by atoms with van der Waals surface area (Å²) in [5.74, 6) is 1.62. The van der Waals surface area contributed by atoms with Crippen LogP contribution in [0.15, 0.2) is 27.4 Å². The maximum absolute atomic E-state index is 12.3. The van der Waals surface area contributed by atoms with E-state index in [1.165, 1.54) is 7.11 Å². The lowest BCUT2D eigenvalue weighted by molar-refractivity contribution is 0.340. The molecule has 0 unspecified atom stereocenters. The molecule has 1 aromatic carbocycles. The predicted octanol–water partition coefficient (Wildman–Crippen LogP) is 3.32. The Morgan fingerprint density at radius 2 is 2.00 bits per heavy atom. The van der Waals surface area contributed by atoms with Crippen LogP contribution >= 0.6 is 0 Å². The lowest BCUT2D eigenvalue weighted by Crippen LogP contribution is -2.14. The minimum absolute atomic E-state index is 0.0878. The molecule has 1 heterocycles. The molecule has 0 fully saturated rings. The second-order valence-electron chi connectivity index (χ2n) is 5.07. The van der Waals surface area contributed by atoms with Crippen LogP contribution in [0, 0.1) is 13.8 Å². The Kier molecular flexibility index (Phi) is 3.48. The number of fused-ring (bicyclic) bond motifs is 2. The Labute approximate surface area is 127 Å². The smallest absolute Gasteiger partial charge is 0.192 e. The lowest BCUT2D eigenvalue weighted by atomic mass is 10.0. The van der Waals surface area contributed by atoms with Gasteiger partial charge in [0.25, 0.3) is 0 Å². The van der Waals surface area contributed by atoms with E-state index in [-0.39, 0.29) is 5.43 Å².